The second-order valence-electron chi connectivity index (χ2n) is 6.33. The van der Waals surface area contributed by atoms with E-state index in [-0.39, 0.29) is 16.7 Å². The second-order valence-corrected chi connectivity index (χ2v) is 6.33. The number of nitrogens with one attached hydrogen (secondary N) is 1. The minimum absolute atomic E-state index is 0.0111. The molecule has 3 N–H and O–H groups in total. The van der Waals surface area contributed by atoms with Gasteiger partial charge in [0.2, 0.25) is 0 Å². The first-order valence-corrected chi connectivity index (χ1v) is 9.10. The van der Waals surface area contributed by atoms with Gasteiger partial charge in [0.15, 0.2) is 0 Å². The van der Waals surface area contributed by atoms with Gasteiger partial charge in [-0.2, -0.15) is 0 Å². The van der Waals surface area contributed by atoms with Crippen LogP contribution in [-0.4, -0.2) is 27.1 Å². The van der Waals surface area contributed by atoms with Crippen LogP contribution in [0.25, 0.3) is 0 Å². The van der Waals surface area contributed by atoms with Gasteiger partial charge in [-0.15, -0.1) is 0 Å². The average molecular weight is 373 g/mol. The Bertz CT molecular complexity index is 810. The van der Waals surface area contributed by atoms with Gasteiger partial charge in [-0.05, 0) is 43.5 Å². The Morgan fingerprint density at radius 1 is 1.00 bits per heavy atom. The van der Waals surface area contributed by atoms with Crippen molar-refractivity contribution in [1.82, 2.24) is 4.98 Å². The monoisotopic (exact) mass is 373 g/mol. The smallest absolute Gasteiger partial charge is 0.335 e. The molecule has 0 unspecified atom stereocenters. The van der Waals surface area contributed by atoms with Gasteiger partial charge in [-0.1, -0.05) is 44.7 Å². The molecule has 0 amide bonds. The highest BCUT2D eigenvalue weighted by Crippen LogP contribution is 2.11. The van der Waals surface area contributed by atoms with Crippen LogP contribution in [0, 0.1) is 6.92 Å². The van der Waals surface area contributed by atoms with Crippen molar-refractivity contribution in [2.45, 2.75) is 52.4 Å². The number of aromatic carboxylic acids is 2. The molecular formula is C21H27NO5. The molecule has 0 atom stereocenters. The third-order valence-electron chi connectivity index (χ3n) is 4.16. The Hall–Kier alpha value is -2.89. The Labute approximate surface area is 158 Å². The number of hydrogen-bond donors (Lipinski definition) is 3. The fourth-order valence-corrected chi connectivity index (χ4v) is 2.56. The van der Waals surface area contributed by atoms with Crippen LogP contribution in [0.1, 0.15) is 70.9 Å². The molecule has 0 fully saturated rings. The van der Waals surface area contributed by atoms with Crippen molar-refractivity contribution >= 4 is 11.9 Å². The van der Waals surface area contributed by atoms with E-state index in [0.717, 1.165) is 24.5 Å². The Morgan fingerprint density at radius 3 is 2.30 bits per heavy atom. The molecule has 0 aliphatic heterocycles. The predicted molar refractivity (Wildman–Crippen MR) is 105 cm³/mol. The lowest BCUT2D eigenvalue weighted by atomic mass is 10.1. The van der Waals surface area contributed by atoms with Gasteiger partial charge < -0.3 is 15.2 Å². The lowest BCUT2D eigenvalue weighted by molar-refractivity contribution is 0.0695. The van der Waals surface area contributed by atoms with Gasteiger partial charge in [0.1, 0.15) is 0 Å². The molecule has 6 heteroatoms. The van der Waals surface area contributed by atoms with Crippen molar-refractivity contribution in [1.29, 1.82) is 0 Å². The van der Waals surface area contributed by atoms with Gasteiger partial charge >= 0.3 is 11.9 Å². The SMILES string of the molecule is CCCCCCCc1ccc[nH]c1=O.Cc1ccc(C(=O)O)cc1C(=O)O. The fraction of sp³-hybridized carbons (Fsp3) is 0.381. The molecule has 0 saturated carbocycles. The summed E-state index contributed by atoms with van der Waals surface area (Å²) in [7, 11) is 0. The van der Waals surface area contributed by atoms with Gasteiger partial charge in [0.05, 0.1) is 11.1 Å². The molecule has 2 rings (SSSR count). The third-order valence-corrected chi connectivity index (χ3v) is 4.16. The van der Waals surface area contributed by atoms with E-state index in [4.69, 9.17) is 10.2 Å². The standard InChI is InChI=1S/C12H19NO.C9H8O4/c1-2-3-4-5-6-8-11-9-7-10-13-12(11)14;1-5-2-3-6(8(10)11)4-7(5)9(12)13/h7,9-10H,2-6,8H2,1H3,(H,13,14);2-4H,1H3,(H,10,11)(H,12,13). The predicted octanol–water partition coefficient (Wildman–Crippen LogP) is 4.28. The summed E-state index contributed by atoms with van der Waals surface area (Å²) in [5.41, 5.74) is 1.56. The van der Waals surface area contributed by atoms with Crippen LogP contribution in [0.15, 0.2) is 41.3 Å². The molecular weight excluding hydrogens is 346 g/mol. The fourth-order valence-electron chi connectivity index (χ4n) is 2.56. The molecule has 0 saturated heterocycles. The molecule has 0 radical (unpaired) electrons. The van der Waals surface area contributed by atoms with Gasteiger partial charge in [-0.3, -0.25) is 4.79 Å². The topological polar surface area (TPSA) is 107 Å². The number of benzene rings is 1. The summed E-state index contributed by atoms with van der Waals surface area (Å²) in [5, 5.41) is 17.3. The maximum Gasteiger partial charge on any atom is 0.335 e. The normalized spacial score (nSPS) is 10.0. The number of rotatable bonds is 8. The summed E-state index contributed by atoms with van der Waals surface area (Å²) < 4.78 is 0. The highest BCUT2D eigenvalue weighted by atomic mass is 16.4. The summed E-state index contributed by atoms with van der Waals surface area (Å²) in [6.07, 6.45) is 8.84. The summed E-state index contributed by atoms with van der Waals surface area (Å²) in [5.74, 6) is -2.23. The van der Waals surface area contributed by atoms with Crippen molar-refractivity contribution < 1.29 is 19.8 Å². The van der Waals surface area contributed by atoms with Crippen molar-refractivity contribution in [2.24, 2.45) is 0 Å². The van der Waals surface area contributed by atoms with Crippen molar-refractivity contribution in [2.75, 3.05) is 0 Å². The highest BCUT2D eigenvalue weighted by Gasteiger charge is 2.10. The zero-order valence-corrected chi connectivity index (χ0v) is 15.8. The number of pyridine rings is 1. The van der Waals surface area contributed by atoms with Crippen LogP contribution < -0.4 is 5.56 Å². The van der Waals surface area contributed by atoms with E-state index in [1.165, 1.54) is 37.8 Å². The molecule has 146 valence electrons. The third kappa shape index (κ3) is 7.90. The minimum Gasteiger partial charge on any atom is -0.478 e. The van der Waals surface area contributed by atoms with Crippen LogP contribution in [0.3, 0.4) is 0 Å². The van der Waals surface area contributed by atoms with E-state index >= 15 is 0 Å². The lowest BCUT2D eigenvalue weighted by Gasteiger charge is -2.01. The second kappa shape index (κ2) is 11.7. The molecule has 1 heterocycles. The van der Waals surface area contributed by atoms with Crippen LogP contribution in [-0.2, 0) is 6.42 Å². The van der Waals surface area contributed by atoms with E-state index < -0.39 is 11.9 Å². The molecule has 0 aliphatic carbocycles. The number of H-pyrrole nitrogens is 1. The largest absolute Gasteiger partial charge is 0.478 e. The van der Waals surface area contributed by atoms with Crippen molar-refractivity contribution in [3.05, 3.63) is 69.1 Å². The van der Waals surface area contributed by atoms with Crippen molar-refractivity contribution in [3.63, 3.8) is 0 Å². The van der Waals surface area contributed by atoms with E-state index in [9.17, 15) is 14.4 Å². The lowest BCUT2D eigenvalue weighted by Crippen LogP contribution is -2.10. The molecule has 6 nitrogen and oxygen atoms in total. The number of carbonyl (C=O) groups is 2. The highest BCUT2D eigenvalue weighted by molar-refractivity contribution is 5.94. The molecule has 0 aliphatic rings. The Balaban J connectivity index is 0.000000271. The first-order chi connectivity index (χ1) is 12.9. The zero-order chi connectivity index (χ0) is 20.2. The Morgan fingerprint density at radius 2 is 1.70 bits per heavy atom. The number of unbranched alkanes of at least 4 members (excludes halogenated alkanes) is 4. The molecule has 0 bridgehead atoms. The van der Waals surface area contributed by atoms with Crippen LogP contribution in [0.2, 0.25) is 0 Å². The average Bonchev–Trinajstić information content (AvgIpc) is 2.63. The number of aromatic nitrogens is 1. The van der Waals surface area contributed by atoms with Crippen LogP contribution >= 0.6 is 0 Å². The van der Waals surface area contributed by atoms with E-state index in [0.29, 0.717) is 5.56 Å². The first kappa shape index (κ1) is 22.2. The van der Waals surface area contributed by atoms with E-state index in [2.05, 4.69) is 11.9 Å². The van der Waals surface area contributed by atoms with E-state index in [1.54, 1.807) is 13.1 Å². The zero-order valence-electron chi connectivity index (χ0n) is 15.8. The number of hydrogen-bond acceptors (Lipinski definition) is 3. The molecule has 27 heavy (non-hydrogen) atoms. The molecule has 0 spiro atoms. The summed E-state index contributed by atoms with van der Waals surface area (Å²) in [4.78, 5) is 35.1. The van der Waals surface area contributed by atoms with Gasteiger partial charge in [0.25, 0.3) is 5.56 Å². The maximum absolute atomic E-state index is 11.3. The molecule has 1 aromatic carbocycles. The van der Waals surface area contributed by atoms with E-state index in [1.807, 2.05) is 12.1 Å². The maximum atomic E-state index is 11.3. The summed E-state index contributed by atoms with van der Waals surface area (Å²) >= 11 is 0. The van der Waals surface area contributed by atoms with Crippen LogP contribution in [0.4, 0.5) is 0 Å². The number of aryl methyl sites for hydroxylation is 2. The quantitative estimate of drug-likeness (QED) is 0.599. The molecule has 2 aromatic rings. The van der Waals surface area contributed by atoms with Crippen LogP contribution in [0.5, 0.6) is 0 Å². The Kier molecular flexibility index (Phi) is 9.58. The summed E-state index contributed by atoms with van der Waals surface area (Å²) in [6, 6.07) is 7.82. The van der Waals surface area contributed by atoms with Gasteiger partial charge in [0, 0.05) is 11.8 Å². The molecule has 1 aromatic heterocycles. The van der Waals surface area contributed by atoms with Crippen molar-refractivity contribution in [3.8, 4) is 0 Å². The number of carboxylic acids is 2. The number of aromatic amines is 1. The van der Waals surface area contributed by atoms with Gasteiger partial charge in [-0.25, -0.2) is 9.59 Å². The first-order valence-electron chi connectivity index (χ1n) is 9.10. The summed E-state index contributed by atoms with van der Waals surface area (Å²) in [6.45, 7) is 3.83. The number of carboxylic acid groups (broad SMARTS) is 2. The minimum atomic E-state index is -1.12.